The van der Waals surface area contributed by atoms with Crippen molar-refractivity contribution in [2.45, 2.75) is 20.0 Å². The van der Waals surface area contributed by atoms with Crippen LogP contribution in [0.2, 0.25) is 0 Å². The van der Waals surface area contributed by atoms with Crippen molar-refractivity contribution in [3.63, 3.8) is 0 Å². The zero-order valence-electron chi connectivity index (χ0n) is 21.2. The molecule has 9 nitrogen and oxygen atoms in total. The number of benzene rings is 3. The maximum Gasteiger partial charge on any atom is 0.412 e. The van der Waals surface area contributed by atoms with Crippen LogP contribution in [0.3, 0.4) is 0 Å². The van der Waals surface area contributed by atoms with Gasteiger partial charge in [-0.2, -0.15) is 5.26 Å². The summed E-state index contributed by atoms with van der Waals surface area (Å²) < 4.78 is 11.4. The number of aliphatic hydroxyl groups is 1. The number of carbonyl (C=O) groups is 2. The molecule has 0 heterocycles. The number of para-hydroxylation sites is 2. The molecule has 0 fully saturated rings. The van der Waals surface area contributed by atoms with E-state index in [4.69, 9.17) is 25.6 Å². The number of aliphatic hydroxyl groups excluding tert-OH is 1. The highest BCUT2D eigenvalue weighted by molar-refractivity contribution is 6.01. The minimum atomic E-state index is -0.850. The van der Waals surface area contributed by atoms with Crippen molar-refractivity contribution >= 4 is 29.1 Å². The molecule has 38 heavy (non-hydrogen) atoms. The van der Waals surface area contributed by atoms with Gasteiger partial charge in [0.25, 0.3) is 0 Å². The van der Waals surface area contributed by atoms with Crippen LogP contribution in [-0.2, 0) is 9.53 Å². The zero-order valence-corrected chi connectivity index (χ0v) is 21.2. The van der Waals surface area contributed by atoms with E-state index in [0.29, 0.717) is 33.9 Å². The number of amides is 2. The maximum atomic E-state index is 12.9. The van der Waals surface area contributed by atoms with E-state index in [1.807, 2.05) is 19.9 Å². The van der Waals surface area contributed by atoms with Crippen molar-refractivity contribution in [1.82, 2.24) is 0 Å². The Balaban J connectivity index is 1.84. The molecule has 0 aromatic heterocycles. The van der Waals surface area contributed by atoms with Crippen LogP contribution in [0.25, 0.3) is 0 Å². The SMILES string of the molecule is CC(C)(/C=C/C(=O)Nc1ccccc1N)[C@@H](OC(=O)Nc1ccc(C#N)cc1)c1cccc(OCCO)c1. The van der Waals surface area contributed by atoms with Crippen LogP contribution < -0.4 is 21.1 Å². The number of rotatable bonds is 10. The monoisotopic (exact) mass is 514 g/mol. The van der Waals surface area contributed by atoms with E-state index in [-0.39, 0.29) is 13.2 Å². The average Bonchev–Trinajstić information content (AvgIpc) is 2.91. The van der Waals surface area contributed by atoms with Crippen molar-refractivity contribution < 1.29 is 24.2 Å². The van der Waals surface area contributed by atoms with Crippen LogP contribution in [0.4, 0.5) is 21.9 Å². The molecule has 3 aromatic rings. The summed E-state index contributed by atoms with van der Waals surface area (Å²) in [4.78, 5) is 25.5. The second-order valence-corrected chi connectivity index (χ2v) is 8.98. The third kappa shape index (κ3) is 7.85. The van der Waals surface area contributed by atoms with Crippen LogP contribution >= 0.6 is 0 Å². The van der Waals surface area contributed by atoms with Crippen LogP contribution in [0.5, 0.6) is 5.75 Å². The maximum absolute atomic E-state index is 12.9. The van der Waals surface area contributed by atoms with E-state index in [1.54, 1.807) is 78.9 Å². The first-order valence-electron chi connectivity index (χ1n) is 11.9. The first-order valence-corrected chi connectivity index (χ1v) is 11.9. The van der Waals surface area contributed by atoms with Gasteiger partial charge >= 0.3 is 6.09 Å². The summed E-state index contributed by atoms with van der Waals surface area (Å²) in [6.07, 6.45) is 1.48. The fourth-order valence-electron chi connectivity index (χ4n) is 3.63. The summed E-state index contributed by atoms with van der Waals surface area (Å²) in [5.74, 6) is 0.103. The van der Waals surface area contributed by atoms with Gasteiger partial charge in [-0.3, -0.25) is 10.1 Å². The number of hydrogen-bond donors (Lipinski definition) is 4. The molecule has 3 aromatic carbocycles. The normalized spacial score (nSPS) is 11.8. The molecule has 0 aliphatic rings. The lowest BCUT2D eigenvalue weighted by Crippen LogP contribution is -2.28. The molecule has 5 N–H and O–H groups in total. The molecular formula is C29H30N4O5. The summed E-state index contributed by atoms with van der Waals surface area (Å²) in [5, 5.41) is 23.5. The lowest BCUT2D eigenvalue weighted by molar-refractivity contribution is -0.112. The lowest BCUT2D eigenvalue weighted by Gasteiger charge is -2.32. The molecule has 1 atom stereocenters. The van der Waals surface area contributed by atoms with Gasteiger partial charge in [-0.25, -0.2) is 4.79 Å². The highest BCUT2D eigenvalue weighted by Crippen LogP contribution is 2.39. The number of anilines is 3. The Labute approximate surface area is 221 Å². The molecule has 0 unspecified atom stereocenters. The van der Waals surface area contributed by atoms with Gasteiger partial charge in [-0.1, -0.05) is 44.2 Å². The second-order valence-electron chi connectivity index (χ2n) is 8.98. The van der Waals surface area contributed by atoms with Crippen molar-refractivity contribution in [1.29, 1.82) is 5.26 Å². The summed E-state index contributed by atoms with van der Waals surface area (Å²) >= 11 is 0. The molecule has 0 saturated heterocycles. The van der Waals surface area contributed by atoms with E-state index < -0.39 is 23.5 Å². The van der Waals surface area contributed by atoms with Crippen molar-refractivity contribution in [3.8, 4) is 11.8 Å². The first-order chi connectivity index (χ1) is 18.2. The molecule has 0 saturated carbocycles. The Bertz CT molecular complexity index is 1330. The molecule has 0 aliphatic carbocycles. The van der Waals surface area contributed by atoms with Crippen LogP contribution in [-0.4, -0.2) is 30.3 Å². The van der Waals surface area contributed by atoms with Gasteiger partial charge in [0.15, 0.2) is 0 Å². The lowest BCUT2D eigenvalue weighted by atomic mass is 9.82. The van der Waals surface area contributed by atoms with Gasteiger partial charge in [-0.15, -0.1) is 0 Å². The summed E-state index contributed by atoms with van der Waals surface area (Å²) in [7, 11) is 0. The molecular weight excluding hydrogens is 484 g/mol. The highest BCUT2D eigenvalue weighted by Gasteiger charge is 2.33. The largest absolute Gasteiger partial charge is 0.491 e. The second kappa shape index (κ2) is 12.9. The molecule has 0 aliphatic heterocycles. The van der Waals surface area contributed by atoms with Crippen molar-refractivity contribution in [2.75, 3.05) is 29.6 Å². The Morgan fingerprint density at radius 1 is 1.08 bits per heavy atom. The standard InChI is InChI=1S/C29H30N4O5/c1-29(2,15-14-26(35)33-25-9-4-3-8-24(25)31)27(21-6-5-7-23(18-21)37-17-16-34)38-28(36)32-22-12-10-20(19-30)11-13-22/h3-15,18,27,34H,16-17,31H2,1-2H3,(H,32,36)(H,33,35)/b15-14+/t27-/m0/s1. The number of nitrogens with one attached hydrogen (secondary N) is 2. The zero-order chi connectivity index (χ0) is 27.5. The topological polar surface area (TPSA) is 147 Å². The fraction of sp³-hybridized carbons (Fsp3) is 0.207. The summed E-state index contributed by atoms with van der Waals surface area (Å²) in [6, 6.07) is 22.3. The number of nitrogen functional groups attached to an aromatic ring is 1. The third-order valence-electron chi connectivity index (χ3n) is 5.56. The predicted molar refractivity (Wildman–Crippen MR) is 145 cm³/mol. The van der Waals surface area contributed by atoms with E-state index in [9.17, 15) is 9.59 Å². The Morgan fingerprint density at radius 3 is 2.50 bits per heavy atom. The van der Waals surface area contributed by atoms with Gasteiger partial charge in [0.05, 0.1) is 29.6 Å². The van der Waals surface area contributed by atoms with E-state index in [2.05, 4.69) is 10.6 Å². The van der Waals surface area contributed by atoms with Gasteiger partial charge in [0.2, 0.25) is 5.91 Å². The number of nitrogens with two attached hydrogens (primary N) is 1. The molecule has 9 heteroatoms. The van der Waals surface area contributed by atoms with Gasteiger partial charge in [-0.05, 0) is 60.2 Å². The summed E-state index contributed by atoms with van der Waals surface area (Å²) in [5.41, 5.74) is 7.53. The number of carbonyl (C=O) groups excluding carboxylic acids is 2. The van der Waals surface area contributed by atoms with Gasteiger partial charge in [0, 0.05) is 11.1 Å². The molecule has 0 radical (unpaired) electrons. The van der Waals surface area contributed by atoms with E-state index >= 15 is 0 Å². The molecule has 0 spiro atoms. The number of nitriles is 1. The van der Waals surface area contributed by atoms with Crippen LogP contribution in [0.1, 0.15) is 31.1 Å². The Kier molecular flexibility index (Phi) is 9.46. The smallest absolute Gasteiger partial charge is 0.412 e. The molecule has 0 bridgehead atoms. The number of ether oxygens (including phenoxy) is 2. The quantitative estimate of drug-likeness (QED) is 0.219. The minimum Gasteiger partial charge on any atom is -0.491 e. The van der Waals surface area contributed by atoms with Crippen molar-refractivity contribution in [2.24, 2.45) is 5.41 Å². The molecule has 2 amide bonds. The minimum absolute atomic E-state index is 0.111. The average molecular weight is 515 g/mol. The van der Waals surface area contributed by atoms with E-state index in [0.717, 1.165) is 0 Å². The van der Waals surface area contributed by atoms with Gasteiger partial charge in [0.1, 0.15) is 18.5 Å². The predicted octanol–water partition coefficient (Wildman–Crippen LogP) is 5.02. The van der Waals surface area contributed by atoms with E-state index in [1.165, 1.54) is 6.08 Å². The molecule has 3 rings (SSSR count). The van der Waals surface area contributed by atoms with Crippen LogP contribution in [0, 0.1) is 16.7 Å². The summed E-state index contributed by atoms with van der Waals surface area (Å²) in [6.45, 7) is 3.62. The fourth-order valence-corrected chi connectivity index (χ4v) is 3.63. The third-order valence-corrected chi connectivity index (χ3v) is 5.56. The highest BCUT2D eigenvalue weighted by atomic mass is 16.6. The number of nitrogens with zero attached hydrogens (tertiary/aromatic N) is 1. The number of hydrogen-bond acceptors (Lipinski definition) is 7. The Morgan fingerprint density at radius 2 is 1.82 bits per heavy atom. The Hall–Kier alpha value is -4.81. The van der Waals surface area contributed by atoms with Crippen LogP contribution in [0.15, 0.2) is 84.9 Å². The molecule has 196 valence electrons. The van der Waals surface area contributed by atoms with Gasteiger partial charge < -0.3 is 25.6 Å². The first kappa shape index (κ1) is 27.8. The van der Waals surface area contributed by atoms with Crippen molar-refractivity contribution in [3.05, 3.63) is 96.1 Å².